The highest BCUT2D eigenvalue weighted by Gasteiger charge is 2.34. The van der Waals surface area contributed by atoms with Gasteiger partial charge in [0.2, 0.25) is 5.91 Å². The Bertz CT molecular complexity index is 781. The zero-order valence-corrected chi connectivity index (χ0v) is 16.2. The molecule has 6 nitrogen and oxygen atoms in total. The van der Waals surface area contributed by atoms with Gasteiger partial charge in [0.05, 0.1) is 17.7 Å². The normalized spacial score (nSPS) is 16.6. The summed E-state index contributed by atoms with van der Waals surface area (Å²) < 4.78 is 0. The molecule has 1 saturated heterocycles. The molecule has 1 unspecified atom stereocenters. The minimum atomic E-state index is -0.431. The van der Waals surface area contributed by atoms with Crippen molar-refractivity contribution < 1.29 is 9.59 Å². The minimum absolute atomic E-state index is 0.122. The molecule has 3 rings (SSSR count). The Kier molecular flexibility index (Phi) is 5.56. The number of benzene rings is 1. The van der Waals surface area contributed by atoms with E-state index in [9.17, 15) is 9.59 Å². The molecule has 0 bridgehead atoms. The summed E-state index contributed by atoms with van der Waals surface area (Å²) in [5.74, 6) is -0.122. The van der Waals surface area contributed by atoms with Crippen molar-refractivity contribution in [3.63, 3.8) is 0 Å². The number of carbonyl (C=O) groups is 2. The summed E-state index contributed by atoms with van der Waals surface area (Å²) in [6, 6.07) is 3.45. The summed E-state index contributed by atoms with van der Waals surface area (Å²) in [4.78, 5) is 31.1. The minimum Gasteiger partial charge on any atom is -0.349 e. The molecule has 0 spiro atoms. The lowest BCUT2D eigenvalue weighted by Gasteiger charge is -2.25. The van der Waals surface area contributed by atoms with E-state index in [0.717, 1.165) is 28.9 Å². The first-order chi connectivity index (χ1) is 12.5. The number of aromatic nitrogens is 1. The average molecular weight is 372 g/mol. The molecule has 2 aromatic rings. The smallest absolute Gasteiger partial charge is 0.322 e. The molecule has 1 aromatic heterocycles. The highest BCUT2D eigenvalue weighted by atomic mass is 32.1. The van der Waals surface area contributed by atoms with Crippen molar-refractivity contribution in [2.45, 2.75) is 46.2 Å². The van der Waals surface area contributed by atoms with Crippen molar-refractivity contribution >= 4 is 29.0 Å². The molecule has 7 heteroatoms. The number of nitrogens with zero attached hydrogens (tertiary/aromatic N) is 2. The molecular weight excluding hydrogens is 348 g/mol. The van der Waals surface area contributed by atoms with Gasteiger partial charge >= 0.3 is 6.03 Å². The molecule has 2 N–H and O–H groups in total. The van der Waals surface area contributed by atoms with E-state index in [1.165, 1.54) is 16.9 Å². The van der Waals surface area contributed by atoms with Gasteiger partial charge in [-0.15, -0.1) is 11.3 Å². The lowest BCUT2D eigenvalue weighted by atomic mass is 10.1. The summed E-state index contributed by atoms with van der Waals surface area (Å²) >= 11 is 1.50. The van der Waals surface area contributed by atoms with Crippen LogP contribution in [0.25, 0.3) is 0 Å². The number of anilines is 1. The Labute approximate surface area is 157 Å². The first kappa shape index (κ1) is 18.4. The third-order valence-electron chi connectivity index (χ3n) is 4.65. The summed E-state index contributed by atoms with van der Waals surface area (Å²) in [7, 11) is 0. The van der Waals surface area contributed by atoms with Crippen LogP contribution in [0.15, 0.2) is 23.0 Å². The number of likely N-dealkylation sites (tertiary alicyclic amines) is 1. The topological polar surface area (TPSA) is 74.3 Å². The number of aryl methyl sites for hydroxylation is 3. The van der Waals surface area contributed by atoms with Crippen LogP contribution in [-0.2, 0) is 11.3 Å². The summed E-state index contributed by atoms with van der Waals surface area (Å²) in [6.07, 6.45) is 1.51. The maximum atomic E-state index is 12.8. The number of hydrogen-bond donors (Lipinski definition) is 2. The molecule has 138 valence electrons. The molecule has 1 fully saturated rings. The van der Waals surface area contributed by atoms with Gasteiger partial charge in [0, 0.05) is 17.6 Å². The Morgan fingerprint density at radius 3 is 2.65 bits per heavy atom. The second-order valence-corrected chi connectivity index (χ2v) is 7.47. The SMILES string of the molecule is Cc1cc(C)c(NC(=O)N2CCCC2C(=O)NCc2cscn2)c(C)c1. The lowest BCUT2D eigenvalue weighted by Crippen LogP contribution is -2.47. The number of hydrogen-bond acceptors (Lipinski definition) is 4. The van der Waals surface area contributed by atoms with Crippen molar-refractivity contribution in [3.05, 3.63) is 45.4 Å². The summed E-state index contributed by atoms with van der Waals surface area (Å²) in [6.45, 7) is 6.99. The molecule has 2 heterocycles. The van der Waals surface area contributed by atoms with Gasteiger partial charge in [-0.25, -0.2) is 9.78 Å². The fourth-order valence-corrected chi connectivity index (χ4v) is 4.02. The van der Waals surface area contributed by atoms with Crippen LogP contribution in [-0.4, -0.2) is 34.4 Å². The monoisotopic (exact) mass is 372 g/mol. The van der Waals surface area contributed by atoms with Gasteiger partial charge in [0.25, 0.3) is 0 Å². The van der Waals surface area contributed by atoms with Crippen molar-refractivity contribution in [1.82, 2.24) is 15.2 Å². The van der Waals surface area contributed by atoms with E-state index >= 15 is 0 Å². The van der Waals surface area contributed by atoms with Crippen molar-refractivity contribution in [1.29, 1.82) is 0 Å². The van der Waals surface area contributed by atoms with Crippen LogP contribution in [0.2, 0.25) is 0 Å². The summed E-state index contributed by atoms with van der Waals surface area (Å²) in [5.41, 5.74) is 6.62. The van der Waals surface area contributed by atoms with E-state index < -0.39 is 6.04 Å². The van der Waals surface area contributed by atoms with E-state index in [2.05, 4.69) is 15.6 Å². The molecule has 0 saturated carbocycles. The molecule has 3 amide bonds. The van der Waals surface area contributed by atoms with Crippen LogP contribution in [0, 0.1) is 20.8 Å². The van der Waals surface area contributed by atoms with Gasteiger partial charge in [-0.1, -0.05) is 17.7 Å². The van der Waals surface area contributed by atoms with Crippen LogP contribution in [0.4, 0.5) is 10.5 Å². The molecule has 26 heavy (non-hydrogen) atoms. The molecular formula is C19H24N4O2S. The summed E-state index contributed by atoms with van der Waals surface area (Å²) in [5, 5.41) is 7.79. The quantitative estimate of drug-likeness (QED) is 0.864. The van der Waals surface area contributed by atoms with Crippen molar-refractivity contribution in [3.8, 4) is 0 Å². The third kappa shape index (κ3) is 4.04. The van der Waals surface area contributed by atoms with Crippen molar-refractivity contribution in [2.24, 2.45) is 0 Å². The fourth-order valence-electron chi connectivity index (χ4n) is 3.46. The molecule has 0 aliphatic carbocycles. The Morgan fingerprint density at radius 1 is 1.27 bits per heavy atom. The number of nitrogens with one attached hydrogen (secondary N) is 2. The highest BCUT2D eigenvalue weighted by Crippen LogP contribution is 2.24. The Balaban J connectivity index is 1.65. The van der Waals surface area contributed by atoms with E-state index in [1.807, 2.05) is 38.3 Å². The number of urea groups is 1. The van der Waals surface area contributed by atoms with Gasteiger partial charge < -0.3 is 15.5 Å². The zero-order chi connectivity index (χ0) is 18.7. The maximum Gasteiger partial charge on any atom is 0.322 e. The van der Waals surface area contributed by atoms with Gasteiger partial charge in [0.1, 0.15) is 6.04 Å². The van der Waals surface area contributed by atoms with Crippen LogP contribution in [0.1, 0.15) is 35.2 Å². The maximum absolute atomic E-state index is 12.8. The molecule has 0 radical (unpaired) electrons. The number of thiazole rings is 1. The van der Waals surface area contributed by atoms with Crippen LogP contribution in [0.5, 0.6) is 0 Å². The van der Waals surface area contributed by atoms with E-state index in [1.54, 1.807) is 10.4 Å². The van der Waals surface area contributed by atoms with E-state index in [-0.39, 0.29) is 11.9 Å². The number of amides is 3. The Hall–Kier alpha value is -2.41. The predicted octanol–water partition coefficient (Wildman–Crippen LogP) is 3.38. The third-order valence-corrected chi connectivity index (χ3v) is 5.29. The zero-order valence-electron chi connectivity index (χ0n) is 15.3. The largest absolute Gasteiger partial charge is 0.349 e. The second-order valence-electron chi connectivity index (χ2n) is 6.75. The van der Waals surface area contributed by atoms with Crippen molar-refractivity contribution in [2.75, 3.05) is 11.9 Å². The van der Waals surface area contributed by atoms with Crippen LogP contribution in [0.3, 0.4) is 0 Å². The first-order valence-corrected chi connectivity index (χ1v) is 9.70. The second kappa shape index (κ2) is 7.86. The predicted molar refractivity (Wildman–Crippen MR) is 103 cm³/mol. The molecule has 1 aliphatic heterocycles. The number of carbonyl (C=O) groups excluding carboxylic acids is 2. The van der Waals surface area contributed by atoms with Gasteiger partial charge in [0.15, 0.2) is 0 Å². The number of rotatable bonds is 4. The van der Waals surface area contributed by atoms with Gasteiger partial charge in [-0.05, 0) is 44.7 Å². The van der Waals surface area contributed by atoms with E-state index in [0.29, 0.717) is 19.5 Å². The Morgan fingerprint density at radius 2 is 2.00 bits per heavy atom. The average Bonchev–Trinajstić information content (AvgIpc) is 3.26. The fraction of sp³-hybridized carbons (Fsp3) is 0.421. The van der Waals surface area contributed by atoms with Gasteiger partial charge in [-0.2, -0.15) is 0 Å². The standard InChI is InChI=1S/C19H24N4O2S/c1-12-7-13(2)17(14(3)8-12)22-19(25)23-6-4-5-16(23)18(24)20-9-15-10-26-11-21-15/h7-8,10-11,16H,4-6,9H2,1-3H3,(H,20,24)(H,22,25). The highest BCUT2D eigenvalue weighted by molar-refractivity contribution is 7.07. The first-order valence-electron chi connectivity index (χ1n) is 8.76. The lowest BCUT2D eigenvalue weighted by molar-refractivity contribution is -0.124. The van der Waals surface area contributed by atoms with Crippen LogP contribution < -0.4 is 10.6 Å². The molecule has 1 aromatic carbocycles. The molecule has 1 atom stereocenters. The van der Waals surface area contributed by atoms with E-state index in [4.69, 9.17) is 0 Å². The van der Waals surface area contributed by atoms with Crippen LogP contribution >= 0.6 is 11.3 Å². The van der Waals surface area contributed by atoms with Gasteiger partial charge in [-0.3, -0.25) is 4.79 Å². The molecule has 1 aliphatic rings.